The minimum absolute atomic E-state index is 0.0287. The summed E-state index contributed by atoms with van der Waals surface area (Å²) in [5, 5.41) is 13.6. The summed E-state index contributed by atoms with van der Waals surface area (Å²) in [6, 6.07) is 3.86. The van der Waals surface area contributed by atoms with Gasteiger partial charge in [0, 0.05) is 30.3 Å². The van der Waals surface area contributed by atoms with Crippen LogP contribution in [0.2, 0.25) is 18.1 Å². The van der Waals surface area contributed by atoms with Crippen molar-refractivity contribution in [3.05, 3.63) is 23.3 Å². The molecule has 1 rings (SSSR count). The van der Waals surface area contributed by atoms with Crippen LogP contribution in [-0.4, -0.2) is 44.2 Å². The molecule has 0 spiro atoms. The van der Waals surface area contributed by atoms with Crippen molar-refractivity contribution in [2.75, 3.05) is 18.5 Å². The summed E-state index contributed by atoms with van der Waals surface area (Å²) < 4.78 is 17.7. The number of benzene rings is 1. The summed E-state index contributed by atoms with van der Waals surface area (Å²) in [5.41, 5.74) is 1.94. The van der Waals surface area contributed by atoms with Gasteiger partial charge in [-0.2, -0.15) is 0 Å². The Hall–Kier alpha value is -1.57. The Morgan fingerprint density at radius 2 is 1.75 bits per heavy atom. The van der Waals surface area contributed by atoms with E-state index in [0.717, 1.165) is 16.8 Å². The fourth-order valence-corrected chi connectivity index (χ4v) is 3.97. The monoisotopic (exact) mass is 467 g/mol. The molecule has 0 saturated heterocycles. The van der Waals surface area contributed by atoms with E-state index in [9.17, 15) is 9.90 Å². The maximum absolute atomic E-state index is 12.2. The van der Waals surface area contributed by atoms with E-state index in [2.05, 4.69) is 39.2 Å². The zero-order valence-corrected chi connectivity index (χ0v) is 22.8. The largest absolute Gasteiger partial charge is 0.491 e. The number of aliphatic hydroxyl groups is 1. The van der Waals surface area contributed by atoms with Gasteiger partial charge in [0.25, 0.3) is 0 Å². The number of carbonyl (C=O) groups excluding carboxylic acids is 1. The fourth-order valence-electron chi connectivity index (χ4n) is 2.93. The third-order valence-electron chi connectivity index (χ3n) is 5.53. The highest BCUT2D eigenvalue weighted by Crippen LogP contribution is 2.36. The smallest absolute Gasteiger partial charge is 0.306 e. The van der Waals surface area contributed by atoms with E-state index in [4.69, 9.17) is 13.9 Å². The van der Waals surface area contributed by atoms with E-state index in [1.165, 1.54) is 0 Å². The van der Waals surface area contributed by atoms with Crippen LogP contribution in [0.15, 0.2) is 12.1 Å². The molecule has 0 heterocycles. The van der Waals surface area contributed by atoms with Gasteiger partial charge in [0.1, 0.15) is 11.4 Å². The van der Waals surface area contributed by atoms with Crippen molar-refractivity contribution in [1.29, 1.82) is 0 Å². The van der Waals surface area contributed by atoms with E-state index in [0.29, 0.717) is 25.3 Å². The summed E-state index contributed by atoms with van der Waals surface area (Å²) in [7, 11) is -1.79. The van der Waals surface area contributed by atoms with Crippen molar-refractivity contribution in [3.63, 3.8) is 0 Å². The average Bonchev–Trinajstić information content (AvgIpc) is 2.61. The molecular weight excluding hydrogens is 422 g/mol. The zero-order valence-electron chi connectivity index (χ0n) is 21.8. The minimum Gasteiger partial charge on any atom is -0.491 e. The summed E-state index contributed by atoms with van der Waals surface area (Å²) in [6.45, 7) is 21.8. The Morgan fingerprint density at radius 3 is 2.25 bits per heavy atom. The lowest BCUT2D eigenvalue weighted by molar-refractivity contribution is -0.154. The molecule has 0 aliphatic heterocycles. The standard InChI is InChI=1S/C25H45NO5Si/c1-18(2)30-22-16-20(26-13-14-29-32(9,10)25(6,7)8)15-19(17-27)21(22)11-12-23(28)31-24(3,4)5/h15-16,18,26-27H,11-14,17H2,1-10H3. The van der Waals surface area contributed by atoms with Gasteiger partial charge in [-0.05, 0) is 70.8 Å². The highest BCUT2D eigenvalue weighted by atomic mass is 28.4. The Bertz CT molecular complexity index is 748. The first-order valence-electron chi connectivity index (χ1n) is 11.6. The highest BCUT2D eigenvalue weighted by molar-refractivity contribution is 6.74. The number of aliphatic hydroxyl groups excluding tert-OH is 1. The zero-order chi connectivity index (χ0) is 24.7. The molecule has 184 valence electrons. The van der Waals surface area contributed by atoms with Crippen LogP contribution in [0.5, 0.6) is 5.75 Å². The molecule has 0 radical (unpaired) electrons. The number of ether oxygens (including phenoxy) is 2. The normalized spacial score (nSPS) is 12.8. The van der Waals surface area contributed by atoms with Crippen LogP contribution in [0.1, 0.15) is 72.9 Å². The van der Waals surface area contributed by atoms with E-state index in [1.807, 2.05) is 46.8 Å². The first-order chi connectivity index (χ1) is 14.6. The van der Waals surface area contributed by atoms with E-state index in [1.54, 1.807) is 0 Å². The molecule has 0 amide bonds. The SMILES string of the molecule is CC(C)Oc1cc(NCCO[Si](C)(C)C(C)(C)C)cc(CO)c1CCC(=O)OC(C)(C)C. The van der Waals surface area contributed by atoms with Gasteiger partial charge in [0.05, 0.1) is 19.3 Å². The third kappa shape index (κ3) is 9.51. The number of rotatable bonds is 11. The van der Waals surface area contributed by atoms with Crippen LogP contribution < -0.4 is 10.1 Å². The van der Waals surface area contributed by atoms with Crippen LogP contribution in [-0.2, 0) is 27.0 Å². The van der Waals surface area contributed by atoms with Crippen molar-refractivity contribution in [2.45, 2.75) is 105 Å². The molecule has 0 atom stereocenters. The molecule has 1 aromatic carbocycles. The first-order valence-corrected chi connectivity index (χ1v) is 14.5. The molecule has 6 nitrogen and oxygen atoms in total. The topological polar surface area (TPSA) is 77.0 Å². The molecule has 1 aromatic rings. The minimum atomic E-state index is -1.79. The number of esters is 1. The first kappa shape index (κ1) is 28.5. The quantitative estimate of drug-likeness (QED) is 0.248. The number of nitrogens with one attached hydrogen (secondary N) is 1. The lowest BCUT2D eigenvalue weighted by Gasteiger charge is -2.36. The van der Waals surface area contributed by atoms with Gasteiger partial charge in [-0.15, -0.1) is 0 Å². The maximum atomic E-state index is 12.2. The van der Waals surface area contributed by atoms with Crippen LogP contribution in [0.25, 0.3) is 0 Å². The number of hydrogen-bond donors (Lipinski definition) is 2. The van der Waals surface area contributed by atoms with Gasteiger partial charge >= 0.3 is 5.97 Å². The molecule has 0 fully saturated rings. The van der Waals surface area contributed by atoms with Crippen molar-refractivity contribution in [1.82, 2.24) is 0 Å². The van der Waals surface area contributed by atoms with Crippen molar-refractivity contribution < 1.29 is 23.8 Å². The van der Waals surface area contributed by atoms with E-state index >= 15 is 0 Å². The second-order valence-electron chi connectivity index (χ2n) is 11.1. The number of anilines is 1. The second kappa shape index (κ2) is 11.5. The molecule has 7 heteroatoms. The molecule has 0 aromatic heterocycles. The third-order valence-corrected chi connectivity index (χ3v) is 10.1. The van der Waals surface area contributed by atoms with Gasteiger partial charge in [-0.3, -0.25) is 4.79 Å². The van der Waals surface area contributed by atoms with Crippen LogP contribution in [0.3, 0.4) is 0 Å². The Labute approximate surface area is 196 Å². The van der Waals surface area contributed by atoms with Crippen LogP contribution in [0.4, 0.5) is 5.69 Å². The van der Waals surface area contributed by atoms with Crippen molar-refractivity contribution >= 4 is 20.0 Å². The Balaban J connectivity index is 2.94. The molecule has 0 bridgehead atoms. The van der Waals surface area contributed by atoms with Gasteiger partial charge in [-0.25, -0.2) is 0 Å². The summed E-state index contributed by atoms with van der Waals surface area (Å²) in [6.07, 6.45) is 0.645. The molecule has 0 aliphatic carbocycles. The highest BCUT2D eigenvalue weighted by Gasteiger charge is 2.36. The second-order valence-corrected chi connectivity index (χ2v) is 15.9. The summed E-state index contributed by atoms with van der Waals surface area (Å²) in [4.78, 5) is 12.2. The molecule has 0 unspecified atom stereocenters. The molecule has 2 N–H and O–H groups in total. The number of carbonyl (C=O) groups is 1. The molecular formula is C25H45NO5Si. The maximum Gasteiger partial charge on any atom is 0.306 e. The van der Waals surface area contributed by atoms with Gasteiger partial charge in [-0.1, -0.05) is 20.8 Å². The average molecular weight is 468 g/mol. The van der Waals surface area contributed by atoms with Gasteiger partial charge < -0.3 is 24.3 Å². The lowest BCUT2D eigenvalue weighted by atomic mass is 10.0. The predicted molar refractivity (Wildman–Crippen MR) is 134 cm³/mol. The Morgan fingerprint density at radius 1 is 1.12 bits per heavy atom. The number of hydrogen-bond acceptors (Lipinski definition) is 6. The van der Waals surface area contributed by atoms with E-state index in [-0.39, 0.29) is 30.1 Å². The lowest BCUT2D eigenvalue weighted by Crippen LogP contribution is -2.41. The van der Waals surface area contributed by atoms with Gasteiger partial charge in [0.15, 0.2) is 8.32 Å². The Kier molecular flexibility index (Phi) is 10.2. The van der Waals surface area contributed by atoms with Gasteiger partial charge in [0.2, 0.25) is 0 Å². The predicted octanol–water partition coefficient (Wildman–Crippen LogP) is 5.67. The van der Waals surface area contributed by atoms with E-state index < -0.39 is 13.9 Å². The molecule has 0 aliphatic rings. The van der Waals surface area contributed by atoms with Crippen molar-refractivity contribution in [2.24, 2.45) is 0 Å². The summed E-state index contributed by atoms with van der Waals surface area (Å²) >= 11 is 0. The summed E-state index contributed by atoms with van der Waals surface area (Å²) in [5.74, 6) is 0.421. The molecule has 32 heavy (non-hydrogen) atoms. The van der Waals surface area contributed by atoms with Crippen LogP contribution >= 0.6 is 0 Å². The van der Waals surface area contributed by atoms with Crippen molar-refractivity contribution in [3.8, 4) is 5.75 Å². The molecule has 0 saturated carbocycles. The fraction of sp³-hybridized carbons (Fsp3) is 0.720. The van der Waals surface area contributed by atoms with Crippen LogP contribution in [0, 0.1) is 0 Å².